The van der Waals surface area contributed by atoms with E-state index in [1.807, 2.05) is 18.2 Å². The number of primary amides is 1. The van der Waals surface area contributed by atoms with Gasteiger partial charge in [-0.2, -0.15) is 0 Å². The summed E-state index contributed by atoms with van der Waals surface area (Å²) in [6.45, 7) is 0. The van der Waals surface area contributed by atoms with E-state index in [4.69, 9.17) is 16.2 Å². The molecular weight excluding hydrogens is 364 g/mol. The smallest absolute Gasteiger partial charge is 0.310 e. The van der Waals surface area contributed by atoms with Gasteiger partial charge in [0.25, 0.3) is 0 Å². The van der Waals surface area contributed by atoms with Gasteiger partial charge in [-0.15, -0.1) is 11.8 Å². The molecule has 3 rings (SSSR count). The number of carbonyl (C=O) groups is 2. The normalized spacial score (nSPS) is 24.8. The zero-order chi connectivity index (χ0) is 19.6. The molecule has 1 fully saturated rings. The van der Waals surface area contributed by atoms with Crippen LogP contribution < -0.4 is 11.5 Å². The number of nitrogens with two attached hydrogens (primary N) is 2. The third-order valence-electron chi connectivity index (χ3n) is 5.28. The monoisotopic (exact) mass is 388 g/mol. The van der Waals surface area contributed by atoms with E-state index in [0.717, 1.165) is 16.9 Å². The van der Waals surface area contributed by atoms with Gasteiger partial charge >= 0.3 is 5.97 Å². The van der Waals surface area contributed by atoms with Crippen molar-refractivity contribution in [2.24, 2.45) is 23.5 Å². The molecule has 1 aliphatic carbocycles. The SMILES string of the molecule is COC(=O)C1C2CC=CC=C2SC1C(CCc1ccc(O)c(N)c1)C(N)=O. The number of methoxy groups -OCH3 is 1. The Balaban J connectivity index is 1.81. The number of thioether (sulfide) groups is 1. The zero-order valence-electron chi connectivity index (χ0n) is 15.1. The van der Waals surface area contributed by atoms with E-state index in [2.05, 4.69) is 0 Å². The van der Waals surface area contributed by atoms with Crippen LogP contribution in [0.25, 0.3) is 0 Å². The molecule has 1 heterocycles. The average molecular weight is 388 g/mol. The molecule has 0 radical (unpaired) electrons. The highest BCUT2D eigenvalue weighted by molar-refractivity contribution is 8.04. The highest BCUT2D eigenvalue weighted by atomic mass is 32.2. The largest absolute Gasteiger partial charge is 0.506 e. The number of rotatable bonds is 6. The summed E-state index contributed by atoms with van der Waals surface area (Å²) in [4.78, 5) is 25.8. The number of carbonyl (C=O) groups excluding carboxylic acids is 2. The number of nitrogen functional groups attached to an aromatic ring is 1. The Morgan fingerprint density at radius 2 is 2.19 bits per heavy atom. The van der Waals surface area contributed by atoms with Crippen LogP contribution in [0.3, 0.4) is 0 Å². The molecule has 1 aliphatic heterocycles. The van der Waals surface area contributed by atoms with Gasteiger partial charge < -0.3 is 21.3 Å². The lowest BCUT2D eigenvalue weighted by Gasteiger charge is -2.26. The highest BCUT2D eigenvalue weighted by Crippen LogP contribution is 2.52. The van der Waals surface area contributed by atoms with Crippen molar-refractivity contribution in [2.45, 2.75) is 24.5 Å². The molecule has 1 amide bonds. The number of hydrogen-bond acceptors (Lipinski definition) is 6. The van der Waals surface area contributed by atoms with Crippen LogP contribution in [0.4, 0.5) is 5.69 Å². The van der Waals surface area contributed by atoms with E-state index < -0.39 is 17.7 Å². The predicted molar refractivity (Wildman–Crippen MR) is 106 cm³/mol. The number of esters is 1. The third kappa shape index (κ3) is 3.98. The first-order valence-corrected chi connectivity index (χ1v) is 9.78. The van der Waals surface area contributed by atoms with Crippen LogP contribution in [-0.2, 0) is 20.7 Å². The minimum absolute atomic E-state index is 0.0332. The van der Waals surface area contributed by atoms with Gasteiger partial charge in [-0.05, 0) is 41.9 Å². The number of allylic oxidation sites excluding steroid dienone is 4. The molecule has 27 heavy (non-hydrogen) atoms. The number of hydrogen-bond donors (Lipinski definition) is 3. The van der Waals surface area contributed by atoms with E-state index in [0.29, 0.717) is 18.5 Å². The number of aryl methyl sites for hydroxylation is 1. The number of anilines is 1. The molecule has 1 aromatic carbocycles. The molecule has 7 heteroatoms. The van der Waals surface area contributed by atoms with Crippen LogP contribution in [0.5, 0.6) is 5.75 Å². The van der Waals surface area contributed by atoms with Crippen LogP contribution >= 0.6 is 11.8 Å². The molecule has 0 spiro atoms. The quantitative estimate of drug-likeness (QED) is 0.391. The van der Waals surface area contributed by atoms with Crippen LogP contribution in [0, 0.1) is 17.8 Å². The van der Waals surface area contributed by atoms with Crippen molar-refractivity contribution < 1.29 is 19.4 Å². The molecular formula is C20H24N2O4S. The fourth-order valence-electron chi connectivity index (χ4n) is 3.85. The number of phenols is 1. The van der Waals surface area contributed by atoms with Crippen molar-refractivity contribution in [1.82, 2.24) is 0 Å². The lowest BCUT2D eigenvalue weighted by Crippen LogP contribution is -2.39. The molecule has 4 unspecified atom stereocenters. The molecule has 0 saturated carbocycles. The molecule has 6 nitrogen and oxygen atoms in total. The summed E-state index contributed by atoms with van der Waals surface area (Å²) in [6, 6.07) is 5.01. The summed E-state index contributed by atoms with van der Waals surface area (Å²) in [5, 5.41) is 9.31. The van der Waals surface area contributed by atoms with Crippen molar-refractivity contribution in [2.75, 3.05) is 12.8 Å². The van der Waals surface area contributed by atoms with Crippen molar-refractivity contribution in [3.8, 4) is 5.75 Å². The lowest BCUT2D eigenvalue weighted by molar-refractivity contribution is -0.147. The summed E-state index contributed by atoms with van der Waals surface area (Å²) >= 11 is 1.57. The summed E-state index contributed by atoms with van der Waals surface area (Å²) in [7, 11) is 1.38. The first-order chi connectivity index (χ1) is 12.9. The number of aromatic hydroxyl groups is 1. The minimum atomic E-state index is -0.472. The zero-order valence-corrected chi connectivity index (χ0v) is 15.9. The number of phenolic OH excluding ortho intramolecular Hbond substituents is 1. The standard InChI is InChI=1S/C20H24N2O4S/c1-26-20(25)17-12-4-2-3-5-16(12)27-18(17)13(19(22)24)8-6-11-7-9-15(23)14(21)10-11/h2-3,5,7,9-10,12-13,17-18,23H,4,6,8,21H2,1H3,(H2,22,24). The van der Waals surface area contributed by atoms with E-state index >= 15 is 0 Å². The Kier molecular flexibility index (Phi) is 5.79. The number of amides is 1. The van der Waals surface area contributed by atoms with Crippen LogP contribution in [0.15, 0.2) is 41.3 Å². The number of fused-ring (bicyclic) bond motifs is 1. The van der Waals surface area contributed by atoms with Gasteiger partial charge in [-0.25, -0.2) is 0 Å². The van der Waals surface area contributed by atoms with E-state index in [-0.39, 0.29) is 22.9 Å². The summed E-state index contributed by atoms with van der Waals surface area (Å²) in [6.07, 6.45) is 7.85. The Bertz CT molecular complexity index is 805. The Hall–Kier alpha value is -2.41. The van der Waals surface area contributed by atoms with Crippen LogP contribution in [-0.4, -0.2) is 29.3 Å². The summed E-state index contributed by atoms with van der Waals surface area (Å²) in [5.74, 6) is -1.50. The van der Waals surface area contributed by atoms with Crippen molar-refractivity contribution in [1.29, 1.82) is 0 Å². The molecule has 144 valence electrons. The number of benzene rings is 1. The van der Waals surface area contributed by atoms with Crippen molar-refractivity contribution in [3.05, 3.63) is 46.9 Å². The molecule has 1 saturated heterocycles. The van der Waals surface area contributed by atoms with Gasteiger partial charge in [-0.3, -0.25) is 9.59 Å². The number of ether oxygens (including phenoxy) is 1. The Morgan fingerprint density at radius 1 is 1.41 bits per heavy atom. The highest BCUT2D eigenvalue weighted by Gasteiger charge is 2.49. The molecule has 5 N–H and O–H groups in total. The van der Waals surface area contributed by atoms with Gasteiger partial charge in [0.05, 0.1) is 24.6 Å². The van der Waals surface area contributed by atoms with E-state index in [1.54, 1.807) is 23.9 Å². The fourth-order valence-corrected chi connectivity index (χ4v) is 5.63. The topological polar surface area (TPSA) is 116 Å². The second kappa shape index (κ2) is 8.08. The molecule has 2 aliphatic rings. The van der Waals surface area contributed by atoms with Gasteiger partial charge in [0.1, 0.15) is 5.75 Å². The lowest BCUT2D eigenvalue weighted by atomic mass is 9.79. The summed E-state index contributed by atoms with van der Waals surface area (Å²) < 4.78 is 5.03. The van der Waals surface area contributed by atoms with E-state index in [1.165, 1.54) is 13.2 Å². The van der Waals surface area contributed by atoms with Crippen LogP contribution in [0.1, 0.15) is 18.4 Å². The predicted octanol–water partition coefficient (Wildman–Crippen LogP) is 2.37. The fraction of sp³-hybridized carbons (Fsp3) is 0.400. The first-order valence-electron chi connectivity index (χ1n) is 8.90. The van der Waals surface area contributed by atoms with E-state index in [9.17, 15) is 14.7 Å². The maximum absolute atomic E-state index is 12.5. The van der Waals surface area contributed by atoms with Gasteiger partial charge in [0, 0.05) is 11.2 Å². The van der Waals surface area contributed by atoms with Crippen LogP contribution in [0.2, 0.25) is 0 Å². The molecule has 4 atom stereocenters. The van der Waals surface area contributed by atoms with Gasteiger partial charge in [-0.1, -0.05) is 24.3 Å². The third-order valence-corrected chi connectivity index (χ3v) is 6.89. The minimum Gasteiger partial charge on any atom is -0.506 e. The molecule has 0 bridgehead atoms. The Labute approximate surface area is 162 Å². The molecule has 0 aromatic heterocycles. The maximum Gasteiger partial charge on any atom is 0.310 e. The summed E-state index contributed by atoms with van der Waals surface area (Å²) in [5.41, 5.74) is 12.7. The first kappa shape index (κ1) is 19.4. The Morgan fingerprint density at radius 3 is 2.85 bits per heavy atom. The van der Waals surface area contributed by atoms with Gasteiger partial charge in [0.15, 0.2) is 0 Å². The molecule has 1 aromatic rings. The van der Waals surface area contributed by atoms with Crippen molar-refractivity contribution >= 4 is 29.3 Å². The average Bonchev–Trinajstić information content (AvgIpc) is 3.03. The maximum atomic E-state index is 12.5. The van der Waals surface area contributed by atoms with Crippen molar-refractivity contribution in [3.63, 3.8) is 0 Å². The van der Waals surface area contributed by atoms with Gasteiger partial charge in [0.2, 0.25) is 5.91 Å². The second-order valence-electron chi connectivity index (χ2n) is 6.91. The second-order valence-corrected chi connectivity index (χ2v) is 8.16.